The van der Waals surface area contributed by atoms with E-state index in [4.69, 9.17) is 0 Å². The smallest absolute Gasteiger partial charge is 0.312 e. The second-order valence-electron chi connectivity index (χ2n) is 4.81. The zero-order valence-corrected chi connectivity index (χ0v) is 9.39. The van der Waals surface area contributed by atoms with Gasteiger partial charge in [-0.1, -0.05) is 0 Å². The molecule has 2 atom stereocenters. The summed E-state index contributed by atoms with van der Waals surface area (Å²) < 4.78 is 36.5. The summed E-state index contributed by atoms with van der Waals surface area (Å²) in [6.07, 6.45) is -0.315. The van der Waals surface area contributed by atoms with Gasteiger partial charge >= 0.3 is 6.18 Å². The number of nitrogens with one attached hydrogen (secondary N) is 1. The fourth-order valence-corrected chi connectivity index (χ4v) is 2.90. The predicted octanol–water partition coefficient (Wildman–Crippen LogP) is 2.16. The number of hydrogen-bond donors (Lipinski definition) is 1. The van der Waals surface area contributed by atoms with E-state index in [0.717, 1.165) is 38.8 Å². The Labute approximate surface area is 94.2 Å². The molecule has 2 unspecified atom stereocenters. The van der Waals surface area contributed by atoms with Crippen molar-refractivity contribution in [3.05, 3.63) is 0 Å². The predicted molar refractivity (Wildman–Crippen MR) is 56.3 cm³/mol. The van der Waals surface area contributed by atoms with Crippen LogP contribution in [0.2, 0.25) is 0 Å². The third-order valence-corrected chi connectivity index (χ3v) is 3.66. The van der Waals surface area contributed by atoms with Crippen LogP contribution in [-0.4, -0.2) is 42.8 Å². The van der Waals surface area contributed by atoms with Crippen molar-refractivity contribution in [2.24, 2.45) is 0 Å². The number of halogens is 3. The standard InChI is InChI=1S/C11H19F3N2/c12-11(13,14)5-8-16-7-2-4-10(16)9-3-1-6-15-9/h9-10,15H,1-8H2. The van der Waals surface area contributed by atoms with Crippen LogP contribution in [-0.2, 0) is 0 Å². The molecule has 2 heterocycles. The molecule has 1 N–H and O–H groups in total. The maximum Gasteiger partial charge on any atom is 0.390 e. The van der Waals surface area contributed by atoms with Gasteiger partial charge in [-0.05, 0) is 38.8 Å². The molecule has 2 saturated heterocycles. The van der Waals surface area contributed by atoms with Crippen molar-refractivity contribution in [3.8, 4) is 0 Å². The molecular formula is C11H19F3N2. The summed E-state index contributed by atoms with van der Waals surface area (Å²) in [4.78, 5) is 2.02. The van der Waals surface area contributed by atoms with Crippen molar-refractivity contribution in [1.29, 1.82) is 0 Å². The lowest BCUT2D eigenvalue weighted by Crippen LogP contribution is -2.44. The molecule has 0 aliphatic carbocycles. The first-order valence-electron chi connectivity index (χ1n) is 6.10. The van der Waals surface area contributed by atoms with E-state index >= 15 is 0 Å². The van der Waals surface area contributed by atoms with E-state index in [1.807, 2.05) is 4.90 Å². The minimum absolute atomic E-state index is 0.173. The van der Waals surface area contributed by atoms with Gasteiger partial charge in [0.05, 0.1) is 6.42 Å². The highest BCUT2D eigenvalue weighted by Gasteiger charge is 2.35. The van der Waals surface area contributed by atoms with Crippen molar-refractivity contribution < 1.29 is 13.2 Å². The molecule has 0 aromatic heterocycles. The summed E-state index contributed by atoms with van der Waals surface area (Å²) in [5.41, 5.74) is 0. The number of likely N-dealkylation sites (tertiary alicyclic amines) is 1. The third kappa shape index (κ3) is 3.10. The molecular weight excluding hydrogens is 217 g/mol. The Bertz CT molecular complexity index is 224. The summed E-state index contributed by atoms with van der Waals surface area (Å²) in [6.45, 7) is 2.03. The van der Waals surface area contributed by atoms with Gasteiger partial charge in [0.2, 0.25) is 0 Å². The molecule has 2 fully saturated rings. The van der Waals surface area contributed by atoms with Crippen LogP contribution >= 0.6 is 0 Å². The van der Waals surface area contributed by atoms with Gasteiger partial charge in [0.1, 0.15) is 0 Å². The van der Waals surface area contributed by atoms with Crippen LogP contribution < -0.4 is 5.32 Å². The number of alkyl halides is 3. The van der Waals surface area contributed by atoms with E-state index in [2.05, 4.69) is 5.32 Å². The molecule has 0 amide bonds. The Morgan fingerprint density at radius 1 is 1.19 bits per heavy atom. The second-order valence-corrected chi connectivity index (χ2v) is 4.81. The van der Waals surface area contributed by atoms with Crippen molar-refractivity contribution in [2.45, 2.75) is 50.4 Å². The summed E-state index contributed by atoms with van der Waals surface area (Å²) in [5.74, 6) is 0. The Balaban J connectivity index is 1.83. The van der Waals surface area contributed by atoms with Gasteiger partial charge in [-0.2, -0.15) is 13.2 Å². The summed E-state index contributed by atoms with van der Waals surface area (Å²) in [5, 5.41) is 3.40. The van der Waals surface area contributed by atoms with Crippen molar-refractivity contribution in [1.82, 2.24) is 10.2 Å². The van der Waals surface area contributed by atoms with Gasteiger partial charge < -0.3 is 5.32 Å². The molecule has 16 heavy (non-hydrogen) atoms. The third-order valence-electron chi connectivity index (χ3n) is 3.66. The quantitative estimate of drug-likeness (QED) is 0.807. The zero-order chi connectivity index (χ0) is 11.6. The molecule has 2 nitrogen and oxygen atoms in total. The van der Waals surface area contributed by atoms with Gasteiger partial charge in [-0.15, -0.1) is 0 Å². The highest BCUT2D eigenvalue weighted by Crippen LogP contribution is 2.27. The second kappa shape index (κ2) is 4.92. The molecule has 0 bridgehead atoms. The number of nitrogens with zero attached hydrogens (tertiary/aromatic N) is 1. The van der Waals surface area contributed by atoms with Gasteiger partial charge in [0.25, 0.3) is 0 Å². The molecule has 5 heteroatoms. The minimum Gasteiger partial charge on any atom is -0.312 e. The van der Waals surface area contributed by atoms with E-state index in [-0.39, 0.29) is 6.54 Å². The first kappa shape index (κ1) is 12.2. The maximum atomic E-state index is 12.2. The van der Waals surface area contributed by atoms with E-state index in [9.17, 15) is 13.2 Å². The Kier molecular flexibility index (Phi) is 3.74. The Morgan fingerprint density at radius 3 is 2.62 bits per heavy atom. The molecule has 94 valence electrons. The molecule has 2 aliphatic rings. The van der Waals surface area contributed by atoms with Crippen molar-refractivity contribution in [2.75, 3.05) is 19.6 Å². The van der Waals surface area contributed by atoms with Crippen LogP contribution in [0.3, 0.4) is 0 Å². The van der Waals surface area contributed by atoms with Crippen molar-refractivity contribution >= 4 is 0 Å². The van der Waals surface area contributed by atoms with E-state index in [1.165, 1.54) is 0 Å². The Hall–Kier alpha value is -0.290. The maximum absolute atomic E-state index is 12.2. The molecule has 2 aliphatic heterocycles. The highest BCUT2D eigenvalue weighted by atomic mass is 19.4. The summed E-state index contributed by atoms with van der Waals surface area (Å²) >= 11 is 0. The van der Waals surface area contributed by atoms with E-state index in [1.54, 1.807) is 0 Å². The topological polar surface area (TPSA) is 15.3 Å². The fourth-order valence-electron chi connectivity index (χ4n) is 2.90. The van der Waals surface area contributed by atoms with Crippen LogP contribution in [0.1, 0.15) is 32.1 Å². The number of rotatable bonds is 3. The number of hydrogen-bond acceptors (Lipinski definition) is 2. The summed E-state index contributed by atoms with van der Waals surface area (Å²) in [6, 6.07) is 0.764. The molecule has 0 spiro atoms. The SMILES string of the molecule is FC(F)(F)CCN1CCCC1C1CCCN1. The first-order valence-corrected chi connectivity index (χ1v) is 6.10. The van der Waals surface area contributed by atoms with Crippen LogP contribution in [0.15, 0.2) is 0 Å². The molecule has 0 aromatic carbocycles. The van der Waals surface area contributed by atoms with Gasteiger partial charge in [-0.25, -0.2) is 0 Å². The molecule has 0 aromatic rings. The van der Waals surface area contributed by atoms with Crippen LogP contribution in [0.4, 0.5) is 13.2 Å². The summed E-state index contributed by atoms with van der Waals surface area (Å²) in [7, 11) is 0. The average molecular weight is 236 g/mol. The van der Waals surface area contributed by atoms with Crippen LogP contribution in [0.5, 0.6) is 0 Å². The lowest BCUT2D eigenvalue weighted by molar-refractivity contribution is -0.138. The normalized spacial score (nSPS) is 32.4. The lowest BCUT2D eigenvalue weighted by Gasteiger charge is -2.29. The van der Waals surface area contributed by atoms with Crippen LogP contribution in [0, 0.1) is 0 Å². The van der Waals surface area contributed by atoms with E-state index < -0.39 is 12.6 Å². The largest absolute Gasteiger partial charge is 0.390 e. The molecule has 2 rings (SSSR count). The zero-order valence-electron chi connectivity index (χ0n) is 9.39. The van der Waals surface area contributed by atoms with Crippen LogP contribution in [0.25, 0.3) is 0 Å². The van der Waals surface area contributed by atoms with Gasteiger partial charge in [0, 0.05) is 18.6 Å². The lowest BCUT2D eigenvalue weighted by atomic mass is 10.0. The highest BCUT2D eigenvalue weighted by molar-refractivity contribution is 4.92. The Morgan fingerprint density at radius 2 is 2.00 bits per heavy atom. The molecule has 0 saturated carbocycles. The fraction of sp³-hybridized carbons (Fsp3) is 1.00. The van der Waals surface area contributed by atoms with Gasteiger partial charge in [-0.3, -0.25) is 4.90 Å². The van der Waals surface area contributed by atoms with Crippen molar-refractivity contribution in [3.63, 3.8) is 0 Å². The van der Waals surface area contributed by atoms with E-state index in [0.29, 0.717) is 12.1 Å². The monoisotopic (exact) mass is 236 g/mol. The first-order chi connectivity index (χ1) is 7.56. The molecule has 0 radical (unpaired) electrons. The average Bonchev–Trinajstić information content (AvgIpc) is 2.84. The minimum atomic E-state index is -4.02. The van der Waals surface area contributed by atoms with Gasteiger partial charge in [0.15, 0.2) is 0 Å².